The van der Waals surface area contributed by atoms with E-state index in [4.69, 9.17) is 9.47 Å². The zero-order valence-corrected chi connectivity index (χ0v) is 18.5. The summed E-state index contributed by atoms with van der Waals surface area (Å²) in [6.07, 6.45) is 1.79. The summed E-state index contributed by atoms with van der Waals surface area (Å²) < 4.78 is 26.2. The second kappa shape index (κ2) is 8.84. The van der Waals surface area contributed by atoms with Crippen LogP contribution in [0.2, 0.25) is 0 Å². The Bertz CT molecular complexity index is 1280. The van der Waals surface area contributed by atoms with Crippen molar-refractivity contribution in [1.82, 2.24) is 4.98 Å². The van der Waals surface area contributed by atoms with Crippen LogP contribution in [0.4, 0.5) is 9.52 Å². The van der Waals surface area contributed by atoms with Gasteiger partial charge < -0.3 is 9.47 Å². The minimum absolute atomic E-state index is 0.0618. The quantitative estimate of drug-likeness (QED) is 0.372. The first-order chi connectivity index (χ1) is 15.6. The molecule has 32 heavy (non-hydrogen) atoms. The Hall–Kier alpha value is -3.03. The van der Waals surface area contributed by atoms with Crippen molar-refractivity contribution in [3.05, 3.63) is 66.0 Å². The highest BCUT2D eigenvalue weighted by Gasteiger charge is 2.30. The van der Waals surface area contributed by atoms with Gasteiger partial charge in [0.25, 0.3) is 5.91 Å². The van der Waals surface area contributed by atoms with Crippen molar-refractivity contribution >= 4 is 43.4 Å². The van der Waals surface area contributed by atoms with E-state index in [2.05, 4.69) is 4.98 Å². The summed E-state index contributed by atoms with van der Waals surface area (Å²) in [6, 6.07) is 16.1. The van der Waals surface area contributed by atoms with E-state index in [1.54, 1.807) is 11.0 Å². The molecule has 7 heteroatoms. The Labute approximate surface area is 189 Å². The molecule has 5 rings (SSSR count). The van der Waals surface area contributed by atoms with E-state index in [1.807, 2.05) is 43.3 Å². The van der Waals surface area contributed by atoms with Crippen LogP contribution < -0.4 is 9.64 Å². The van der Waals surface area contributed by atoms with Gasteiger partial charge in [0.1, 0.15) is 11.6 Å². The third-order valence-electron chi connectivity index (χ3n) is 5.63. The van der Waals surface area contributed by atoms with Gasteiger partial charge in [0, 0.05) is 6.61 Å². The van der Waals surface area contributed by atoms with Gasteiger partial charge in [-0.2, -0.15) is 0 Å². The average molecular weight is 451 g/mol. The first-order valence-electron chi connectivity index (χ1n) is 10.8. The minimum atomic E-state index is -0.322. The number of benzene rings is 3. The number of ether oxygens (including phenoxy) is 2. The summed E-state index contributed by atoms with van der Waals surface area (Å²) >= 11 is 1.31. The molecule has 1 saturated heterocycles. The van der Waals surface area contributed by atoms with E-state index in [0.29, 0.717) is 46.4 Å². The van der Waals surface area contributed by atoms with Crippen LogP contribution in [0.3, 0.4) is 0 Å². The topological polar surface area (TPSA) is 51.7 Å². The predicted octanol–water partition coefficient (Wildman–Crippen LogP) is 5.81. The molecule has 0 spiro atoms. The summed E-state index contributed by atoms with van der Waals surface area (Å²) in [5.41, 5.74) is 1.17. The highest BCUT2D eigenvalue weighted by atomic mass is 32.1. The van der Waals surface area contributed by atoms with Crippen LogP contribution >= 0.6 is 11.3 Å². The van der Waals surface area contributed by atoms with Gasteiger partial charge in [-0.05, 0) is 54.8 Å². The number of carbonyl (C=O) groups excluding carboxylic acids is 1. The molecule has 1 amide bonds. The number of hydrogen-bond acceptors (Lipinski definition) is 5. The van der Waals surface area contributed by atoms with Gasteiger partial charge in [-0.15, -0.1) is 0 Å². The summed E-state index contributed by atoms with van der Waals surface area (Å²) in [5, 5.41) is 2.32. The molecule has 5 nitrogen and oxygen atoms in total. The Morgan fingerprint density at radius 2 is 2.12 bits per heavy atom. The number of thiazole rings is 1. The molecule has 2 heterocycles. The molecule has 0 saturated carbocycles. The standard InChI is InChI=1S/C25H23FN2O3S/c1-2-30-21-12-9-16-6-3-4-8-19(16)23(21)24(29)28(15-18-7-5-13-31-18)25-27-20-11-10-17(26)14-22(20)32-25/h3-4,6,8-12,14,18H,2,5,7,13,15H2,1H3. The van der Waals surface area contributed by atoms with Gasteiger partial charge in [-0.1, -0.05) is 41.7 Å². The summed E-state index contributed by atoms with van der Waals surface area (Å²) in [6.45, 7) is 3.42. The molecule has 1 aliphatic heterocycles. The number of carbonyl (C=O) groups is 1. The zero-order valence-electron chi connectivity index (χ0n) is 17.7. The maximum atomic E-state index is 14.1. The Morgan fingerprint density at radius 1 is 1.25 bits per heavy atom. The minimum Gasteiger partial charge on any atom is -0.493 e. The van der Waals surface area contributed by atoms with E-state index in [9.17, 15) is 9.18 Å². The van der Waals surface area contributed by atoms with Crippen molar-refractivity contribution in [3.8, 4) is 5.75 Å². The van der Waals surface area contributed by atoms with Crippen molar-refractivity contribution < 1.29 is 18.7 Å². The third-order valence-corrected chi connectivity index (χ3v) is 6.67. The number of rotatable bonds is 6. The molecule has 4 aromatic rings. The van der Waals surface area contributed by atoms with Gasteiger partial charge >= 0.3 is 0 Å². The average Bonchev–Trinajstić information content (AvgIpc) is 3.46. The lowest BCUT2D eigenvalue weighted by molar-refractivity contribution is 0.0916. The van der Waals surface area contributed by atoms with Crippen molar-refractivity contribution in [2.45, 2.75) is 25.9 Å². The van der Waals surface area contributed by atoms with Crippen molar-refractivity contribution in [3.63, 3.8) is 0 Å². The van der Waals surface area contributed by atoms with Gasteiger partial charge in [-0.3, -0.25) is 9.69 Å². The van der Waals surface area contributed by atoms with Gasteiger partial charge in [0.15, 0.2) is 5.13 Å². The van der Waals surface area contributed by atoms with E-state index < -0.39 is 0 Å². The molecule has 1 aromatic heterocycles. The summed E-state index contributed by atoms with van der Waals surface area (Å²) in [5.74, 6) is 0.0263. The summed E-state index contributed by atoms with van der Waals surface area (Å²) in [4.78, 5) is 20.4. The molecule has 164 valence electrons. The molecule has 0 N–H and O–H groups in total. The highest BCUT2D eigenvalue weighted by molar-refractivity contribution is 7.22. The molecule has 3 aromatic carbocycles. The zero-order chi connectivity index (χ0) is 22.1. The largest absolute Gasteiger partial charge is 0.493 e. The van der Waals surface area contributed by atoms with Crippen LogP contribution in [-0.2, 0) is 4.74 Å². The molecular formula is C25H23FN2O3S. The first-order valence-corrected chi connectivity index (χ1v) is 11.6. The number of amides is 1. The number of anilines is 1. The first kappa shape index (κ1) is 20.8. The van der Waals surface area contributed by atoms with Crippen molar-refractivity contribution in [2.24, 2.45) is 0 Å². The fourth-order valence-electron chi connectivity index (χ4n) is 4.12. The maximum Gasteiger partial charge on any atom is 0.264 e. The fourth-order valence-corrected chi connectivity index (χ4v) is 5.12. The molecule has 1 aliphatic rings. The second-order valence-electron chi connectivity index (χ2n) is 7.75. The van der Waals surface area contributed by atoms with Crippen LogP contribution in [0.15, 0.2) is 54.6 Å². The number of halogens is 1. The van der Waals surface area contributed by atoms with Gasteiger partial charge in [0.2, 0.25) is 0 Å². The Balaban J connectivity index is 1.64. The van der Waals surface area contributed by atoms with E-state index in [1.165, 1.54) is 23.5 Å². The number of fused-ring (bicyclic) bond motifs is 2. The van der Waals surface area contributed by atoms with E-state index in [0.717, 1.165) is 23.6 Å². The van der Waals surface area contributed by atoms with Crippen LogP contribution in [0.5, 0.6) is 5.75 Å². The van der Waals surface area contributed by atoms with Crippen LogP contribution in [0.1, 0.15) is 30.1 Å². The van der Waals surface area contributed by atoms with E-state index in [-0.39, 0.29) is 17.8 Å². The maximum absolute atomic E-state index is 14.1. The molecule has 1 unspecified atom stereocenters. The van der Waals surface area contributed by atoms with E-state index >= 15 is 0 Å². The molecular weight excluding hydrogens is 427 g/mol. The lowest BCUT2D eigenvalue weighted by Crippen LogP contribution is -2.37. The number of aromatic nitrogens is 1. The fraction of sp³-hybridized carbons (Fsp3) is 0.280. The molecule has 1 atom stereocenters. The lowest BCUT2D eigenvalue weighted by Gasteiger charge is -2.24. The molecule has 1 fully saturated rings. The predicted molar refractivity (Wildman–Crippen MR) is 125 cm³/mol. The second-order valence-corrected chi connectivity index (χ2v) is 8.76. The SMILES string of the molecule is CCOc1ccc2ccccc2c1C(=O)N(CC1CCCO1)c1nc2ccc(F)cc2s1. The van der Waals surface area contributed by atoms with Gasteiger partial charge in [-0.25, -0.2) is 9.37 Å². The van der Waals surface area contributed by atoms with Crippen molar-refractivity contribution in [2.75, 3.05) is 24.7 Å². The smallest absolute Gasteiger partial charge is 0.264 e. The lowest BCUT2D eigenvalue weighted by atomic mass is 10.0. The van der Waals surface area contributed by atoms with Crippen LogP contribution in [0, 0.1) is 5.82 Å². The Kier molecular flexibility index (Phi) is 5.76. The third kappa shape index (κ3) is 3.94. The monoisotopic (exact) mass is 450 g/mol. The van der Waals surface area contributed by atoms with Crippen LogP contribution in [0.25, 0.3) is 21.0 Å². The number of hydrogen-bond donors (Lipinski definition) is 0. The Morgan fingerprint density at radius 3 is 2.94 bits per heavy atom. The molecule has 0 bridgehead atoms. The number of nitrogens with zero attached hydrogens (tertiary/aromatic N) is 2. The normalized spacial score (nSPS) is 16.0. The molecule has 0 aliphatic carbocycles. The molecule has 0 radical (unpaired) electrons. The van der Waals surface area contributed by atoms with Crippen LogP contribution in [-0.4, -0.2) is 36.8 Å². The van der Waals surface area contributed by atoms with Crippen molar-refractivity contribution in [1.29, 1.82) is 0 Å². The van der Waals surface area contributed by atoms with Gasteiger partial charge in [0.05, 0.1) is 35.0 Å². The summed E-state index contributed by atoms with van der Waals surface area (Å²) in [7, 11) is 0. The highest BCUT2D eigenvalue weighted by Crippen LogP contribution is 2.35.